The van der Waals surface area contributed by atoms with Gasteiger partial charge < -0.3 is 10.6 Å². The van der Waals surface area contributed by atoms with Crippen molar-refractivity contribution >= 4 is 17.4 Å². The van der Waals surface area contributed by atoms with E-state index in [4.69, 9.17) is 0 Å². The fourth-order valence-electron chi connectivity index (χ4n) is 2.15. The molecule has 0 spiro atoms. The third-order valence-electron chi connectivity index (χ3n) is 3.24. The van der Waals surface area contributed by atoms with E-state index in [-0.39, 0.29) is 11.7 Å². The first-order valence-corrected chi connectivity index (χ1v) is 6.65. The number of hydrogen-bond acceptors (Lipinski definition) is 3. The topological polar surface area (TPSA) is 84.3 Å². The Balaban J connectivity index is 1.86. The Hall–Kier alpha value is -2.37. The van der Waals surface area contributed by atoms with E-state index >= 15 is 0 Å². The van der Waals surface area contributed by atoms with Gasteiger partial charge in [-0.3, -0.25) is 10.1 Å². The van der Waals surface area contributed by atoms with E-state index in [9.17, 15) is 14.9 Å². The Kier molecular flexibility index (Phi) is 4.70. The first kappa shape index (κ1) is 14.0. The molecular formula is C14H17N3O3. The fourth-order valence-corrected chi connectivity index (χ4v) is 2.15. The average molecular weight is 275 g/mol. The summed E-state index contributed by atoms with van der Waals surface area (Å²) in [6.07, 6.45) is 7.46. The van der Waals surface area contributed by atoms with Crippen molar-refractivity contribution in [1.82, 2.24) is 5.32 Å². The van der Waals surface area contributed by atoms with E-state index in [1.54, 1.807) is 6.20 Å². The molecule has 1 aromatic rings. The number of allylic oxidation sites excluding steroid dienone is 1. The van der Waals surface area contributed by atoms with Crippen LogP contribution in [0.5, 0.6) is 0 Å². The number of carbonyl (C=O) groups excluding carboxylic acids is 1. The minimum absolute atomic E-state index is 0.000261. The number of benzene rings is 1. The van der Waals surface area contributed by atoms with Crippen molar-refractivity contribution in [1.29, 1.82) is 0 Å². The van der Waals surface area contributed by atoms with Crippen LogP contribution in [0.15, 0.2) is 36.0 Å². The zero-order chi connectivity index (χ0) is 14.4. The lowest BCUT2D eigenvalue weighted by Gasteiger charge is -2.13. The van der Waals surface area contributed by atoms with Gasteiger partial charge in [-0.15, -0.1) is 0 Å². The molecule has 0 bridgehead atoms. The molecule has 1 fully saturated rings. The summed E-state index contributed by atoms with van der Waals surface area (Å²) in [5, 5.41) is 15.8. The summed E-state index contributed by atoms with van der Waals surface area (Å²) in [4.78, 5) is 21.7. The lowest BCUT2D eigenvalue weighted by molar-refractivity contribution is -0.384. The average Bonchev–Trinajstić information content (AvgIpc) is 2.47. The van der Waals surface area contributed by atoms with Crippen LogP contribution in [0.25, 0.3) is 0 Å². The van der Waals surface area contributed by atoms with E-state index in [0.29, 0.717) is 5.69 Å². The van der Waals surface area contributed by atoms with Gasteiger partial charge in [0.2, 0.25) is 0 Å². The second-order valence-corrected chi connectivity index (χ2v) is 4.77. The molecule has 1 saturated carbocycles. The van der Waals surface area contributed by atoms with Crippen LogP contribution in [0.3, 0.4) is 0 Å². The number of nitro benzene ring substituents is 1. The summed E-state index contributed by atoms with van der Waals surface area (Å²) in [6.45, 7) is 0. The number of hydrogen-bond donors (Lipinski definition) is 2. The van der Waals surface area contributed by atoms with E-state index in [0.717, 1.165) is 12.8 Å². The SMILES string of the molecule is O=C(NC=C1CCCCC1)Nc1ccc([N+](=O)[O-])cc1. The van der Waals surface area contributed by atoms with E-state index in [2.05, 4.69) is 10.6 Å². The normalized spacial score (nSPS) is 14.5. The first-order chi connectivity index (χ1) is 9.65. The third-order valence-corrected chi connectivity index (χ3v) is 3.24. The molecular weight excluding hydrogens is 258 g/mol. The Bertz CT molecular complexity index is 515. The Morgan fingerprint density at radius 1 is 1.15 bits per heavy atom. The van der Waals surface area contributed by atoms with Gasteiger partial charge in [-0.25, -0.2) is 4.79 Å². The summed E-state index contributed by atoms with van der Waals surface area (Å²) in [5.74, 6) is 0. The maximum Gasteiger partial charge on any atom is 0.323 e. The van der Waals surface area contributed by atoms with Gasteiger partial charge in [0.05, 0.1) is 4.92 Å². The number of nitro groups is 1. The molecule has 6 heteroatoms. The van der Waals surface area contributed by atoms with Crippen LogP contribution in [0, 0.1) is 10.1 Å². The highest BCUT2D eigenvalue weighted by atomic mass is 16.6. The smallest absolute Gasteiger partial charge is 0.314 e. The van der Waals surface area contributed by atoms with Crippen molar-refractivity contribution in [3.05, 3.63) is 46.2 Å². The summed E-state index contributed by atoms with van der Waals surface area (Å²) < 4.78 is 0. The Morgan fingerprint density at radius 2 is 1.80 bits per heavy atom. The highest BCUT2D eigenvalue weighted by molar-refractivity contribution is 5.90. The molecule has 0 aliphatic heterocycles. The van der Waals surface area contributed by atoms with Crippen LogP contribution in [0.4, 0.5) is 16.2 Å². The quantitative estimate of drug-likeness (QED) is 0.653. The highest BCUT2D eigenvalue weighted by Crippen LogP contribution is 2.21. The second-order valence-electron chi connectivity index (χ2n) is 4.77. The number of rotatable bonds is 3. The van der Waals surface area contributed by atoms with Crippen LogP contribution in [0.1, 0.15) is 32.1 Å². The molecule has 106 valence electrons. The molecule has 2 N–H and O–H groups in total. The van der Waals surface area contributed by atoms with Crippen molar-refractivity contribution in [3.63, 3.8) is 0 Å². The number of nitrogens with one attached hydrogen (secondary N) is 2. The summed E-state index contributed by atoms with van der Waals surface area (Å²) in [6, 6.07) is 5.39. The van der Waals surface area contributed by atoms with Crippen LogP contribution in [-0.2, 0) is 0 Å². The molecule has 0 aromatic heterocycles. The molecule has 0 saturated heterocycles. The predicted molar refractivity (Wildman–Crippen MR) is 76.4 cm³/mol. The number of amides is 2. The number of urea groups is 1. The lowest BCUT2D eigenvalue weighted by atomic mass is 9.96. The summed E-state index contributed by atoms with van der Waals surface area (Å²) >= 11 is 0. The van der Waals surface area contributed by atoms with E-state index < -0.39 is 4.92 Å². The van der Waals surface area contributed by atoms with E-state index in [1.807, 2.05) is 0 Å². The van der Waals surface area contributed by atoms with Gasteiger partial charge >= 0.3 is 6.03 Å². The van der Waals surface area contributed by atoms with Crippen LogP contribution in [-0.4, -0.2) is 11.0 Å². The number of carbonyl (C=O) groups is 1. The number of nitrogens with zero attached hydrogens (tertiary/aromatic N) is 1. The molecule has 1 aliphatic carbocycles. The fraction of sp³-hybridized carbons (Fsp3) is 0.357. The molecule has 1 aromatic carbocycles. The van der Waals surface area contributed by atoms with Gasteiger partial charge in [0.15, 0.2) is 0 Å². The minimum Gasteiger partial charge on any atom is -0.314 e. The van der Waals surface area contributed by atoms with E-state index in [1.165, 1.54) is 49.1 Å². The van der Waals surface area contributed by atoms with Gasteiger partial charge in [-0.05, 0) is 37.8 Å². The maximum atomic E-state index is 11.7. The molecule has 1 aliphatic rings. The minimum atomic E-state index is -0.475. The zero-order valence-electron chi connectivity index (χ0n) is 11.1. The van der Waals surface area contributed by atoms with Gasteiger partial charge in [0, 0.05) is 24.0 Å². The molecule has 0 radical (unpaired) electrons. The number of anilines is 1. The van der Waals surface area contributed by atoms with Crippen molar-refractivity contribution < 1.29 is 9.72 Å². The third kappa shape index (κ3) is 4.08. The van der Waals surface area contributed by atoms with Gasteiger partial charge in [-0.1, -0.05) is 12.0 Å². The predicted octanol–water partition coefficient (Wildman–Crippen LogP) is 3.56. The molecule has 0 atom stereocenters. The van der Waals surface area contributed by atoms with Crippen molar-refractivity contribution in [2.75, 3.05) is 5.32 Å². The van der Waals surface area contributed by atoms with Gasteiger partial charge in [-0.2, -0.15) is 0 Å². The molecule has 6 nitrogen and oxygen atoms in total. The molecule has 20 heavy (non-hydrogen) atoms. The Morgan fingerprint density at radius 3 is 2.40 bits per heavy atom. The summed E-state index contributed by atoms with van der Waals surface area (Å²) in [5.41, 5.74) is 1.78. The Labute approximate surface area is 117 Å². The van der Waals surface area contributed by atoms with Crippen LogP contribution in [0.2, 0.25) is 0 Å². The second kappa shape index (κ2) is 6.70. The van der Waals surface area contributed by atoms with Crippen molar-refractivity contribution in [2.24, 2.45) is 0 Å². The first-order valence-electron chi connectivity index (χ1n) is 6.65. The molecule has 0 heterocycles. The van der Waals surface area contributed by atoms with Gasteiger partial charge in [0.25, 0.3) is 5.69 Å². The monoisotopic (exact) mass is 275 g/mol. The highest BCUT2D eigenvalue weighted by Gasteiger charge is 2.07. The van der Waals surface area contributed by atoms with Crippen LogP contribution >= 0.6 is 0 Å². The van der Waals surface area contributed by atoms with Crippen LogP contribution < -0.4 is 10.6 Å². The summed E-state index contributed by atoms with van der Waals surface area (Å²) in [7, 11) is 0. The zero-order valence-corrected chi connectivity index (χ0v) is 11.1. The standard InChI is InChI=1S/C14H17N3O3/c18-14(15-10-11-4-2-1-3-5-11)16-12-6-8-13(9-7-12)17(19)20/h6-10H,1-5H2,(H2,15,16,18). The largest absolute Gasteiger partial charge is 0.323 e. The molecule has 2 amide bonds. The van der Waals surface area contributed by atoms with Crippen molar-refractivity contribution in [2.45, 2.75) is 32.1 Å². The molecule has 0 unspecified atom stereocenters. The number of non-ortho nitro benzene ring substituents is 1. The lowest BCUT2D eigenvalue weighted by Crippen LogP contribution is -2.24. The maximum absolute atomic E-state index is 11.7. The molecule has 2 rings (SSSR count). The van der Waals surface area contributed by atoms with Gasteiger partial charge in [0.1, 0.15) is 0 Å². The van der Waals surface area contributed by atoms with Crippen molar-refractivity contribution in [3.8, 4) is 0 Å².